The van der Waals surface area contributed by atoms with Gasteiger partial charge in [-0.15, -0.1) is 0 Å². The van der Waals surface area contributed by atoms with Crippen LogP contribution in [-0.4, -0.2) is 25.5 Å². The summed E-state index contributed by atoms with van der Waals surface area (Å²) in [5, 5.41) is 0. The molecule has 0 saturated carbocycles. The van der Waals surface area contributed by atoms with Gasteiger partial charge in [-0.2, -0.15) is 4.31 Å². The molecule has 4 nitrogen and oxygen atoms in total. The predicted molar refractivity (Wildman–Crippen MR) is 49.6 cm³/mol. The zero-order valence-corrected chi connectivity index (χ0v) is 8.54. The largest absolute Gasteiger partial charge is 0.468 e. The lowest BCUT2D eigenvalue weighted by molar-refractivity contribution is 0.378. The van der Waals surface area contributed by atoms with Gasteiger partial charge in [0, 0.05) is 6.54 Å². The van der Waals surface area contributed by atoms with Crippen molar-refractivity contribution in [3.63, 3.8) is 0 Å². The number of hydrogen-bond donors (Lipinski definition) is 0. The highest BCUT2D eigenvalue weighted by molar-refractivity contribution is 7.88. The third-order valence-corrected chi connectivity index (χ3v) is 3.06. The first-order chi connectivity index (χ1) is 6.04. The Morgan fingerprint density at radius 3 is 2.62 bits per heavy atom. The zero-order chi connectivity index (χ0) is 9.90. The fraction of sp³-hybridized carbons (Fsp3) is 0.500. The second kappa shape index (κ2) is 3.93. The molecule has 1 aromatic rings. The molecular weight excluding hydrogens is 190 g/mol. The molecule has 0 N–H and O–H groups in total. The van der Waals surface area contributed by atoms with Crippen LogP contribution < -0.4 is 0 Å². The SMILES string of the molecule is CCN(Cc1ccco1)S(C)(=O)=O. The molecule has 0 unspecified atom stereocenters. The van der Waals surface area contributed by atoms with E-state index in [1.807, 2.05) is 0 Å². The summed E-state index contributed by atoms with van der Waals surface area (Å²) < 4.78 is 28.8. The number of rotatable bonds is 4. The second-order valence-corrected chi connectivity index (χ2v) is 4.75. The van der Waals surface area contributed by atoms with Crippen molar-refractivity contribution in [1.82, 2.24) is 4.31 Å². The van der Waals surface area contributed by atoms with Crippen LogP contribution in [0, 0.1) is 0 Å². The minimum absolute atomic E-state index is 0.308. The summed E-state index contributed by atoms with van der Waals surface area (Å²) >= 11 is 0. The Hall–Kier alpha value is -0.810. The monoisotopic (exact) mass is 203 g/mol. The molecule has 0 atom stereocenters. The highest BCUT2D eigenvalue weighted by atomic mass is 32.2. The van der Waals surface area contributed by atoms with E-state index < -0.39 is 10.0 Å². The van der Waals surface area contributed by atoms with Crippen LogP contribution in [0.3, 0.4) is 0 Å². The van der Waals surface area contributed by atoms with E-state index in [9.17, 15) is 8.42 Å². The van der Waals surface area contributed by atoms with Crippen molar-refractivity contribution in [2.75, 3.05) is 12.8 Å². The third kappa shape index (κ3) is 2.86. The average Bonchev–Trinajstić information content (AvgIpc) is 2.49. The summed E-state index contributed by atoms with van der Waals surface area (Å²) in [6.45, 7) is 2.56. The fourth-order valence-corrected chi connectivity index (χ4v) is 1.87. The van der Waals surface area contributed by atoms with Crippen LogP contribution in [0.5, 0.6) is 0 Å². The Morgan fingerprint density at radius 2 is 2.23 bits per heavy atom. The van der Waals surface area contributed by atoms with Crippen molar-refractivity contribution < 1.29 is 12.8 Å². The van der Waals surface area contributed by atoms with Gasteiger partial charge in [0.1, 0.15) is 5.76 Å². The van der Waals surface area contributed by atoms with Crippen LogP contribution in [0.15, 0.2) is 22.8 Å². The van der Waals surface area contributed by atoms with E-state index in [-0.39, 0.29) is 0 Å². The van der Waals surface area contributed by atoms with E-state index in [0.29, 0.717) is 18.8 Å². The van der Waals surface area contributed by atoms with Crippen molar-refractivity contribution in [2.45, 2.75) is 13.5 Å². The van der Waals surface area contributed by atoms with Gasteiger partial charge in [-0.1, -0.05) is 6.92 Å². The Morgan fingerprint density at radius 1 is 1.54 bits per heavy atom. The number of nitrogens with zero attached hydrogens (tertiary/aromatic N) is 1. The summed E-state index contributed by atoms with van der Waals surface area (Å²) in [6, 6.07) is 3.50. The van der Waals surface area contributed by atoms with Gasteiger partial charge >= 0.3 is 0 Å². The van der Waals surface area contributed by atoms with Crippen molar-refractivity contribution in [3.8, 4) is 0 Å². The molecule has 0 fully saturated rings. The van der Waals surface area contributed by atoms with Gasteiger partial charge < -0.3 is 4.42 Å². The molecule has 0 aliphatic carbocycles. The van der Waals surface area contributed by atoms with Crippen molar-refractivity contribution in [2.24, 2.45) is 0 Å². The summed E-state index contributed by atoms with van der Waals surface area (Å²) in [7, 11) is -3.12. The van der Waals surface area contributed by atoms with Gasteiger partial charge in [0.05, 0.1) is 19.1 Å². The smallest absolute Gasteiger partial charge is 0.211 e. The van der Waals surface area contributed by atoms with Gasteiger partial charge in [-0.3, -0.25) is 0 Å². The van der Waals surface area contributed by atoms with Crippen molar-refractivity contribution in [3.05, 3.63) is 24.2 Å². The molecule has 13 heavy (non-hydrogen) atoms. The van der Waals surface area contributed by atoms with Crippen molar-refractivity contribution >= 4 is 10.0 Å². The van der Waals surface area contributed by atoms with E-state index in [1.54, 1.807) is 19.1 Å². The Balaban J connectivity index is 2.72. The van der Waals surface area contributed by atoms with Gasteiger partial charge in [-0.05, 0) is 12.1 Å². The molecule has 0 aliphatic rings. The molecule has 0 aliphatic heterocycles. The molecule has 0 amide bonds. The molecular formula is C8H13NO3S. The summed E-state index contributed by atoms with van der Waals surface area (Å²) in [4.78, 5) is 0. The maximum atomic E-state index is 11.2. The molecule has 1 heterocycles. The number of sulfonamides is 1. The van der Waals surface area contributed by atoms with Crippen LogP contribution in [0.4, 0.5) is 0 Å². The lowest BCUT2D eigenvalue weighted by Crippen LogP contribution is -2.28. The van der Waals surface area contributed by atoms with E-state index in [2.05, 4.69) is 0 Å². The van der Waals surface area contributed by atoms with Gasteiger partial charge in [-0.25, -0.2) is 8.42 Å². The van der Waals surface area contributed by atoms with Crippen LogP contribution in [0.1, 0.15) is 12.7 Å². The molecule has 0 aromatic carbocycles. The summed E-state index contributed by atoms with van der Waals surface area (Å²) in [5.74, 6) is 0.660. The first-order valence-electron chi connectivity index (χ1n) is 4.01. The average molecular weight is 203 g/mol. The standard InChI is InChI=1S/C8H13NO3S/c1-3-9(13(2,10)11)7-8-5-4-6-12-8/h4-6H,3,7H2,1-2H3. The minimum Gasteiger partial charge on any atom is -0.468 e. The summed E-state index contributed by atoms with van der Waals surface area (Å²) in [5.41, 5.74) is 0. The number of furan rings is 1. The van der Waals surface area contributed by atoms with Crippen molar-refractivity contribution in [1.29, 1.82) is 0 Å². The molecule has 0 radical (unpaired) electrons. The fourth-order valence-electron chi connectivity index (χ4n) is 1.04. The zero-order valence-electron chi connectivity index (χ0n) is 7.73. The Labute approximate surface area is 78.2 Å². The normalized spacial score (nSPS) is 12.2. The van der Waals surface area contributed by atoms with Crippen LogP contribution in [0.25, 0.3) is 0 Å². The highest BCUT2D eigenvalue weighted by Gasteiger charge is 2.15. The minimum atomic E-state index is -3.12. The lowest BCUT2D eigenvalue weighted by atomic mass is 10.4. The van der Waals surface area contributed by atoms with Gasteiger partial charge in [0.25, 0.3) is 0 Å². The van der Waals surface area contributed by atoms with Gasteiger partial charge in [0.15, 0.2) is 0 Å². The van der Waals surface area contributed by atoms with E-state index in [0.717, 1.165) is 0 Å². The first-order valence-corrected chi connectivity index (χ1v) is 5.86. The molecule has 74 valence electrons. The topological polar surface area (TPSA) is 50.5 Å². The van der Waals surface area contributed by atoms with E-state index in [1.165, 1.54) is 16.8 Å². The first kappa shape index (κ1) is 10.3. The predicted octanol–water partition coefficient (Wildman–Crippen LogP) is 1.06. The Bertz CT molecular complexity index is 341. The highest BCUT2D eigenvalue weighted by Crippen LogP contribution is 2.07. The van der Waals surface area contributed by atoms with Crippen LogP contribution in [-0.2, 0) is 16.6 Å². The molecule has 5 heteroatoms. The molecule has 0 spiro atoms. The second-order valence-electron chi connectivity index (χ2n) is 2.77. The Kier molecular flexibility index (Phi) is 3.11. The number of hydrogen-bond acceptors (Lipinski definition) is 3. The van der Waals surface area contributed by atoms with E-state index in [4.69, 9.17) is 4.42 Å². The molecule has 1 aromatic heterocycles. The quantitative estimate of drug-likeness (QED) is 0.735. The van der Waals surface area contributed by atoms with Crippen LogP contribution >= 0.6 is 0 Å². The summed E-state index contributed by atoms with van der Waals surface area (Å²) in [6.07, 6.45) is 2.73. The van der Waals surface area contributed by atoms with Crippen LogP contribution in [0.2, 0.25) is 0 Å². The third-order valence-electron chi connectivity index (χ3n) is 1.73. The van der Waals surface area contributed by atoms with E-state index >= 15 is 0 Å². The molecule has 1 rings (SSSR count). The maximum absolute atomic E-state index is 11.2. The molecule has 0 saturated heterocycles. The lowest BCUT2D eigenvalue weighted by Gasteiger charge is -2.15. The van der Waals surface area contributed by atoms with Gasteiger partial charge in [0.2, 0.25) is 10.0 Å². The maximum Gasteiger partial charge on any atom is 0.211 e. The molecule has 0 bridgehead atoms.